The molecule has 0 aliphatic carbocycles. The number of anilines is 1. The van der Waals surface area contributed by atoms with E-state index in [2.05, 4.69) is 11.0 Å². The van der Waals surface area contributed by atoms with E-state index in [1.54, 1.807) is 19.1 Å². The van der Waals surface area contributed by atoms with Crippen molar-refractivity contribution in [2.45, 2.75) is 12.3 Å². The third-order valence-electron chi connectivity index (χ3n) is 6.23. The van der Waals surface area contributed by atoms with Gasteiger partial charge < -0.3 is 14.4 Å². The third kappa shape index (κ3) is 3.66. The van der Waals surface area contributed by atoms with E-state index in [0.717, 1.165) is 32.8 Å². The zero-order valence-corrected chi connectivity index (χ0v) is 19.3. The largest absolute Gasteiger partial charge is 0.497 e. The minimum absolute atomic E-state index is 0.00898. The third-order valence-corrected chi connectivity index (χ3v) is 7.38. The average molecular weight is 458 g/mol. The van der Waals surface area contributed by atoms with Gasteiger partial charge in [-0.15, -0.1) is 0 Å². The Bertz CT molecular complexity index is 1300. The van der Waals surface area contributed by atoms with E-state index in [0.29, 0.717) is 23.9 Å². The summed E-state index contributed by atoms with van der Waals surface area (Å²) in [6.45, 7) is 0.415. The Labute approximate surface area is 197 Å². The van der Waals surface area contributed by atoms with Crippen molar-refractivity contribution in [2.24, 2.45) is 0 Å². The van der Waals surface area contributed by atoms with E-state index < -0.39 is 0 Å². The van der Waals surface area contributed by atoms with Gasteiger partial charge >= 0.3 is 0 Å². The molecule has 3 aromatic rings. The lowest BCUT2D eigenvalue weighted by Gasteiger charge is -2.42. The zero-order chi connectivity index (χ0) is 22.9. The van der Waals surface area contributed by atoms with Gasteiger partial charge in [0.05, 0.1) is 43.4 Å². The predicted octanol–water partition coefficient (Wildman–Crippen LogP) is 5.08. The fourth-order valence-electron chi connectivity index (χ4n) is 4.58. The molecule has 1 amide bonds. The molecule has 0 N–H and O–H groups in total. The summed E-state index contributed by atoms with van der Waals surface area (Å²) in [5.41, 5.74) is 2.54. The number of hydrogen-bond acceptors (Lipinski definition) is 6. The Morgan fingerprint density at radius 1 is 1.03 bits per heavy atom. The molecule has 1 saturated heterocycles. The SMILES string of the molecule is COc1ccc(N2CSC3=C(C#N)[C@@H](c4c(OC)ccc5ccccc45)CC(=O)N3C2)cc1. The summed E-state index contributed by atoms with van der Waals surface area (Å²) in [7, 11) is 3.27. The quantitative estimate of drug-likeness (QED) is 0.545. The first-order valence-electron chi connectivity index (χ1n) is 10.7. The highest BCUT2D eigenvalue weighted by Gasteiger charge is 2.39. The maximum absolute atomic E-state index is 13.4. The van der Waals surface area contributed by atoms with Crippen molar-refractivity contribution in [3.8, 4) is 17.6 Å². The Hall–Kier alpha value is -3.63. The number of nitrogens with zero attached hydrogens (tertiary/aromatic N) is 3. The van der Waals surface area contributed by atoms with E-state index in [-0.39, 0.29) is 18.2 Å². The van der Waals surface area contributed by atoms with Crippen molar-refractivity contribution < 1.29 is 14.3 Å². The first kappa shape index (κ1) is 21.2. The number of ether oxygens (including phenoxy) is 2. The van der Waals surface area contributed by atoms with Crippen molar-refractivity contribution in [3.63, 3.8) is 0 Å². The van der Waals surface area contributed by atoms with Crippen LogP contribution < -0.4 is 14.4 Å². The topological polar surface area (TPSA) is 65.8 Å². The van der Waals surface area contributed by atoms with Crippen LogP contribution >= 0.6 is 11.8 Å². The Morgan fingerprint density at radius 2 is 1.82 bits per heavy atom. The van der Waals surface area contributed by atoms with E-state index in [1.165, 1.54) is 11.8 Å². The monoisotopic (exact) mass is 457 g/mol. The second-order valence-electron chi connectivity index (χ2n) is 7.96. The van der Waals surface area contributed by atoms with Crippen LogP contribution in [0.25, 0.3) is 10.8 Å². The summed E-state index contributed by atoms with van der Waals surface area (Å²) in [6, 6.07) is 22.2. The van der Waals surface area contributed by atoms with Gasteiger partial charge in [0.25, 0.3) is 0 Å². The van der Waals surface area contributed by atoms with Gasteiger partial charge in [0.2, 0.25) is 5.91 Å². The minimum Gasteiger partial charge on any atom is -0.497 e. The number of amides is 1. The molecule has 5 rings (SSSR count). The first-order valence-corrected chi connectivity index (χ1v) is 11.6. The molecule has 166 valence electrons. The lowest BCUT2D eigenvalue weighted by atomic mass is 9.83. The summed E-state index contributed by atoms with van der Waals surface area (Å²) in [6.07, 6.45) is 0.230. The maximum atomic E-state index is 13.4. The zero-order valence-electron chi connectivity index (χ0n) is 18.4. The van der Waals surface area contributed by atoms with Crippen LogP contribution in [0.3, 0.4) is 0 Å². The Morgan fingerprint density at radius 3 is 2.55 bits per heavy atom. The Kier molecular flexibility index (Phi) is 5.61. The summed E-state index contributed by atoms with van der Waals surface area (Å²) in [5, 5.41) is 13.0. The summed E-state index contributed by atoms with van der Waals surface area (Å²) in [4.78, 5) is 17.2. The molecule has 0 saturated carbocycles. The van der Waals surface area contributed by atoms with Crippen LogP contribution in [0.1, 0.15) is 17.9 Å². The normalized spacial score (nSPS) is 18.2. The number of carbonyl (C=O) groups excluding carboxylic acids is 1. The number of rotatable bonds is 4. The number of allylic oxidation sites excluding steroid dienone is 1. The second-order valence-corrected chi connectivity index (χ2v) is 8.90. The molecule has 33 heavy (non-hydrogen) atoms. The fraction of sp³-hybridized carbons (Fsp3) is 0.231. The number of nitriles is 1. The van der Waals surface area contributed by atoms with Gasteiger partial charge in [-0.3, -0.25) is 9.69 Å². The van der Waals surface area contributed by atoms with Gasteiger partial charge in [-0.1, -0.05) is 42.1 Å². The second kappa shape index (κ2) is 8.72. The number of methoxy groups -OCH3 is 2. The van der Waals surface area contributed by atoms with Crippen LogP contribution in [0.4, 0.5) is 5.69 Å². The molecule has 0 aromatic heterocycles. The van der Waals surface area contributed by atoms with Crippen molar-refractivity contribution >= 4 is 34.1 Å². The molecule has 0 unspecified atom stereocenters. The van der Waals surface area contributed by atoms with Crippen LogP contribution in [0, 0.1) is 11.3 Å². The highest BCUT2D eigenvalue weighted by atomic mass is 32.2. The molecule has 0 spiro atoms. The molecule has 0 radical (unpaired) electrons. The number of benzene rings is 3. The van der Waals surface area contributed by atoms with Gasteiger partial charge in [0.15, 0.2) is 0 Å². The number of thioether (sulfide) groups is 1. The van der Waals surface area contributed by atoms with E-state index in [4.69, 9.17) is 9.47 Å². The lowest BCUT2D eigenvalue weighted by Crippen LogP contribution is -2.47. The van der Waals surface area contributed by atoms with Crippen molar-refractivity contribution in [1.82, 2.24) is 4.90 Å². The van der Waals surface area contributed by atoms with Gasteiger partial charge in [0, 0.05) is 23.6 Å². The number of hydrogen-bond donors (Lipinski definition) is 0. The predicted molar refractivity (Wildman–Crippen MR) is 130 cm³/mol. The van der Waals surface area contributed by atoms with Crippen molar-refractivity contribution in [1.29, 1.82) is 5.26 Å². The first-order chi connectivity index (χ1) is 16.1. The molecular formula is C26H23N3O3S. The average Bonchev–Trinajstić information content (AvgIpc) is 2.87. The van der Waals surface area contributed by atoms with Crippen molar-refractivity contribution in [2.75, 3.05) is 31.7 Å². The molecule has 1 fully saturated rings. The molecule has 3 aromatic carbocycles. The fourth-order valence-corrected chi connectivity index (χ4v) is 5.75. The van der Waals surface area contributed by atoms with Gasteiger partial charge in [0.1, 0.15) is 11.5 Å². The van der Waals surface area contributed by atoms with Crippen LogP contribution in [-0.4, -0.2) is 37.6 Å². The van der Waals surface area contributed by atoms with Crippen molar-refractivity contribution in [3.05, 3.63) is 76.8 Å². The van der Waals surface area contributed by atoms with Gasteiger partial charge in [-0.05, 0) is 41.1 Å². The van der Waals surface area contributed by atoms with Gasteiger partial charge in [-0.25, -0.2) is 0 Å². The smallest absolute Gasteiger partial charge is 0.229 e. The molecule has 7 heteroatoms. The van der Waals surface area contributed by atoms with Crippen LogP contribution in [-0.2, 0) is 4.79 Å². The molecule has 1 atom stereocenters. The van der Waals surface area contributed by atoms with Crippen LogP contribution in [0.5, 0.6) is 11.5 Å². The molecule has 6 nitrogen and oxygen atoms in total. The standard InChI is InChI=1S/C26H23N3O3S/c1-31-19-10-8-18(9-11-19)28-15-29-24(30)13-21(22(14-27)26(29)33-16-28)25-20-6-4-3-5-17(20)7-12-23(25)32-2/h3-12,21H,13,15-16H2,1-2H3/t21-/m0/s1. The number of fused-ring (bicyclic) bond motifs is 2. The van der Waals surface area contributed by atoms with Crippen LogP contribution in [0.2, 0.25) is 0 Å². The summed E-state index contributed by atoms with van der Waals surface area (Å²) < 4.78 is 10.9. The van der Waals surface area contributed by atoms with Crippen LogP contribution in [0.15, 0.2) is 71.3 Å². The summed E-state index contributed by atoms with van der Waals surface area (Å²) in [5.74, 6) is 1.81. The Balaban J connectivity index is 1.54. The number of carbonyl (C=O) groups is 1. The van der Waals surface area contributed by atoms with E-state index in [1.807, 2.05) is 60.7 Å². The molecule has 2 aliphatic rings. The molecular weight excluding hydrogens is 434 g/mol. The molecule has 0 bridgehead atoms. The molecule has 2 heterocycles. The van der Waals surface area contributed by atoms with E-state index >= 15 is 0 Å². The summed E-state index contributed by atoms with van der Waals surface area (Å²) >= 11 is 1.53. The minimum atomic E-state index is -0.338. The van der Waals surface area contributed by atoms with Gasteiger partial charge in [-0.2, -0.15) is 5.26 Å². The maximum Gasteiger partial charge on any atom is 0.229 e. The lowest BCUT2D eigenvalue weighted by molar-refractivity contribution is -0.129. The highest BCUT2D eigenvalue weighted by molar-refractivity contribution is 8.03. The highest BCUT2D eigenvalue weighted by Crippen LogP contribution is 2.47. The molecule has 2 aliphatic heterocycles. The van der Waals surface area contributed by atoms with E-state index in [9.17, 15) is 10.1 Å².